The van der Waals surface area contributed by atoms with E-state index in [0.717, 1.165) is 31.2 Å². The van der Waals surface area contributed by atoms with Crippen molar-refractivity contribution in [1.82, 2.24) is 4.57 Å². The maximum Gasteiger partial charge on any atom is 0.251 e. The summed E-state index contributed by atoms with van der Waals surface area (Å²) in [6.07, 6.45) is 2.57. The molecule has 4 rings (SSSR count). The number of nitrogens with zero attached hydrogens (tertiary/aromatic N) is 1. The Bertz CT molecular complexity index is 1030. The minimum Gasteiger partial charge on any atom is -0.371 e. The number of ether oxygens (including phenoxy) is 1. The number of aromatic nitrogens is 1. The molecule has 1 heterocycles. The molecule has 1 aromatic heterocycles. The van der Waals surface area contributed by atoms with Crippen LogP contribution in [0.25, 0.3) is 0 Å². The van der Waals surface area contributed by atoms with E-state index >= 15 is 0 Å². The van der Waals surface area contributed by atoms with Crippen LogP contribution in [0.3, 0.4) is 0 Å². The van der Waals surface area contributed by atoms with Gasteiger partial charge in [-0.3, -0.25) is 4.79 Å². The fourth-order valence-electron chi connectivity index (χ4n) is 3.38. The normalized spacial score (nSPS) is 15.8. The number of rotatable bonds is 7. The molecule has 0 saturated heterocycles. The van der Waals surface area contributed by atoms with Gasteiger partial charge in [0.15, 0.2) is 0 Å². The number of hydrogen-bond acceptors (Lipinski definition) is 2. The SMILES string of the molecule is O=c1ccc(F)cn1C(c1ccc(F)cc1)C(OCC1CC1)c1ccc(F)cc1. The number of halogens is 3. The van der Waals surface area contributed by atoms with Crippen LogP contribution in [-0.4, -0.2) is 11.2 Å². The maximum absolute atomic E-state index is 14.0. The molecule has 3 aromatic rings. The van der Waals surface area contributed by atoms with Crippen LogP contribution in [0, 0.1) is 23.4 Å². The highest BCUT2D eigenvalue weighted by Gasteiger charge is 2.31. The van der Waals surface area contributed by atoms with E-state index in [9.17, 15) is 18.0 Å². The topological polar surface area (TPSA) is 31.2 Å². The van der Waals surface area contributed by atoms with Crippen molar-refractivity contribution in [2.75, 3.05) is 6.61 Å². The van der Waals surface area contributed by atoms with Gasteiger partial charge in [-0.25, -0.2) is 13.2 Å². The van der Waals surface area contributed by atoms with Gasteiger partial charge in [0.1, 0.15) is 23.6 Å². The third kappa shape index (κ3) is 4.59. The zero-order valence-electron chi connectivity index (χ0n) is 15.6. The van der Waals surface area contributed by atoms with Gasteiger partial charge in [0, 0.05) is 12.3 Å². The Kier molecular flexibility index (Phi) is 5.53. The fraction of sp³-hybridized carbons (Fsp3) is 0.261. The smallest absolute Gasteiger partial charge is 0.251 e. The average Bonchev–Trinajstić information content (AvgIpc) is 3.54. The average molecular weight is 399 g/mol. The molecule has 2 atom stereocenters. The zero-order valence-corrected chi connectivity index (χ0v) is 15.6. The van der Waals surface area contributed by atoms with E-state index in [0.29, 0.717) is 23.7 Å². The summed E-state index contributed by atoms with van der Waals surface area (Å²) in [5.74, 6) is -0.944. The molecule has 1 aliphatic carbocycles. The predicted octanol–water partition coefficient (Wildman–Crippen LogP) is 5.02. The van der Waals surface area contributed by atoms with E-state index in [-0.39, 0.29) is 0 Å². The van der Waals surface area contributed by atoms with Crippen molar-refractivity contribution >= 4 is 0 Å². The quantitative estimate of drug-likeness (QED) is 0.558. The van der Waals surface area contributed by atoms with Crippen molar-refractivity contribution in [1.29, 1.82) is 0 Å². The molecular formula is C23H20F3NO2. The summed E-state index contributed by atoms with van der Waals surface area (Å²) in [6, 6.07) is 13.0. The van der Waals surface area contributed by atoms with Gasteiger partial charge in [0.05, 0.1) is 12.6 Å². The first-order valence-electron chi connectivity index (χ1n) is 9.51. The minimum atomic E-state index is -0.747. The van der Waals surface area contributed by atoms with Crippen molar-refractivity contribution in [2.24, 2.45) is 5.92 Å². The lowest BCUT2D eigenvalue weighted by Gasteiger charge is -2.30. The first-order chi connectivity index (χ1) is 14.0. The second-order valence-corrected chi connectivity index (χ2v) is 7.34. The number of hydrogen-bond donors (Lipinski definition) is 0. The fourth-order valence-corrected chi connectivity index (χ4v) is 3.38. The lowest BCUT2D eigenvalue weighted by Crippen LogP contribution is -2.30. The van der Waals surface area contributed by atoms with Gasteiger partial charge in [-0.05, 0) is 60.2 Å². The molecule has 3 nitrogen and oxygen atoms in total. The maximum atomic E-state index is 14.0. The van der Waals surface area contributed by atoms with Gasteiger partial charge < -0.3 is 9.30 Å². The molecule has 0 radical (unpaired) electrons. The van der Waals surface area contributed by atoms with Crippen LogP contribution in [-0.2, 0) is 4.74 Å². The van der Waals surface area contributed by atoms with Gasteiger partial charge in [0.25, 0.3) is 5.56 Å². The molecule has 0 bridgehead atoms. The number of benzene rings is 2. The minimum absolute atomic E-state index is 0.393. The molecule has 0 N–H and O–H groups in total. The first-order valence-corrected chi connectivity index (χ1v) is 9.51. The standard InChI is InChI=1S/C23H20F3NO2/c24-18-7-3-16(4-8-18)22(27-13-20(26)11-12-21(27)28)23(29-14-15-1-2-15)17-5-9-19(25)10-6-17/h3-13,15,22-23H,1-2,14H2. The van der Waals surface area contributed by atoms with E-state index in [1.54, 1.807) is 24.3 Å². The largest absolute Gasteiger partial charge is 0.371 e. The van der Waals surface area contributed by atoms with Crippen LogP contribution >= 0.6 is 0 Å². The molecule has 0 amide bonds. The van der Waals surface area contributed by atoms with Crippen molar-refractivity contribution in [3.63, 3.8) is 0 Å². The summed E-state index contributed by atoms with van der Waals surface area (Å²) in [5.41, 5.74) is 0.824. The van der Waals surface area contributed by atoms with Gasteiger partial charge >= 0.3 is 0 Å². The summed E-state index contributed by atoms with van der Waals surface area (Å²) in [6.45, 7) is 0.476. The molecule has 0 spiro atoms. The van der Waals surface area contributed by atoms with Gasteiger partial charge in [-0.1, -0.05) is 24.3 Å². The lowest BCUT2D eigenvalue weighted by atomic mass is 9.94. The first kappa shape index (κ1) is 19.5. The second-order valence-electron chi connectivity index (χ2n) is 7.34. The van der Waals surface area contributed by atoms with Crippen molar-refractivity contribution in [3.05, 3.63) is 106 Å². The Hall–Kier alpha value is -2.86. The lowest BCUT2D eigenvalue weighted by molar-refractivity contribution is 0.0180. The Morgan fingerprint density at radius 3 is 1.97 bits per heavy atom. The molecule has 150 valence electrons. The molecular weight excluding hydrogens is 379 g/mol. The van der Waals surface area contributed by atoms with Crippen LogP contribution in [0.5, 0.6) is 0 Å². The van der Waals surface area contributed by atoms with E-state index in [4.69, 9.17) is 4.74 Å². The molecule has 2 aromatic carbocycles. The van der Waals surface area contributed by atoms with Crippen LogP contribution in [0.2, 0.25) is 0 Å². The highest BCUT2D eigenvalue weighted by Crippen LogP contribution is 2.38. The van der Waals surface area contributed by atoms with Crippen molar-refractivity contribution < 1.29 is 17.9 Å². The monoisotopic (exact) mass is 399 g/mol. The molecule has 1 saturated carbocycles. The molecule has 2 unspecified atom stereocenters. The van der Waals surface area contributed by atoms with Gasteiger partial charge in [-0.2, -0.15) is 0 Å². The molecule has 6 heteroatoms. The summed E-state index contributed by atoms with van der Waals surface area (Å²) in [5, 5.41) is 0. The van der Waals surface area contributed by atoms with E-state index in [1.165, 1.54) is 28.8 Å². The van der Waals surface area contributed by atoms with E-state index in [2.05, 4.69) is 0 Å². The summed E-state index contributed by atoms with van der Waals surface area (Å²) in [7, 11) is 0. The Morgan fingerprint density at radius 2 is 1.38 bits per heavy atom. The number of pyridine rings is 1. The second kappa shape index (κ2) is 8.25. The summed E-state index contributed by atoms with van der Waals surface area (Å²) < 4.78 is 48.5. The highest BCUT2D eigenvalue weighted by atomic mass is 19.1. The van der Waals surface area contributed by atoms with E-state index in [1.807, 2.05) is 0 Å². The Morgan fingerprint density at radius 1 is 0.828 bits per heavy atom. The summed E-state index contributed by atoms with van der Waals surface area (Å²) in [4.78, 5) is 12.6. The Balaban J connectivity index is 1.84. The third-order valence-corrected chi connectivity index (χ3v) is 5.11. The highest BCUT2D eigenvalue weighted by molar-refractivity contribution is 5.28. The summed E-state index contributed by atoms with van der Waals surface area (Å²) >= 11 is 0. The van der Waals surface area contributed by atoms with E-state index < -0.39 is 35.2 Å². The van der Waals surface area contributed by atoms with Gasteiger partial charge in [-0.15, -0.1) is 0 Å². The zero-order chi connectivity index (χ0) is 20.4. The Labute approximate surface area is 166 Å². The third-order valence-electron chi connectivity index (χ3n) is 5.11. The molecule has 1 aliphatic rings. The van der Waals surface area contributed by atoms with Crippen LogP contribution in [0.15, 0.2) is 71.7 Å². The molecule has 29 heavy (non-hydrogen) atoms. The van der Waals surface area contributed by atoms with Crippen molar-refractivity contribution in [3.8, 4) is 0 Å². The van der Waals surface area contributed by atoms with Crippen molar-refractivity contribution in [2.45, 2.75) is 25.0 Å². The molecule has 0 aliphatic heterocycles. The van der Waals surface area contributed by atoms with Crippen LogP contribution < -0.4 is 5.56 Å². The van der Waals surface area contributed by atoms with Crippen LogP contribution in [0.4, 0.5) is 13.2 Å². The van der Waals surface area contributed by atoms with Crippen LogP contribution in [0.1, 0.15) is 36.1 Å². The van der Waals surface area contributed by atoms with Gasteiger partial charge in [0.2, 0.25) is 0 Å². The molecule has 1 fully saturated rings. The predicted molar refractivity (Wildman–Crippen MR) is 103 cm³/mol.